The summed E-state index contributed by atoms with van der Waals surface area (Å²) < 4.78 is 30.1. The highest BCUT2D eigenvalue weighted by molar-refractivity contribution is 6.00. The van der Waals surface area contributed by atoms with E-state index in [1.54, 1.807) is 21.3 Å². The van der Waals surface area contributed by atoms with E-state index in [1.165, 1.54) is 5.56 Å². The smallest absolute Gasteiger partial charge is 0.136 e. The first kappa shape index (κ1) is 23.1. The Morgan fingerprint density at radius 2 is 1.76 bits per heavy atom. The van der Waals surface area contributed by atoms with E-state index < -0.39 is 0 Å². The van der Waals surface area contributed by atoms with Crippen LogP contribution in [0, 0.1) is 0 Å². The molecule has 1 aliphatic rings. The van der Waals surface area contributed by atoms with Crippen LogP contribution in [0.5, 0.6) is 17.2 Å². The number of fused-ring (bicyclic) bond motifs is 2. The Morgan fingerprint density at radius 1 is 0.970 bits per heavy atom. The largest absolute Gasteiger partial charge is 0.496 e. The number of ether oxygens (including phenoxy) is 5. The van der Waals surface area contributed by atoms with Crippen molar-refractivity contribution >= 4 is 10.8 Å². The Morgan fingerprint density at radius 3 is 2.45 bits per heavy atom. The van der Waals surface area contributed by atoms with Crippen molar-refractivity contribution < 1.29 is 23.7 Å². The van der Waals surface area contributed by atoms with Crippen molar-refractivity contribution in [2.75, 3.05) is 27.9 Å². The van der Waals surface area contributed by atoms with E-state index in [0.29, 0.717) is 19.6 Å². The number of methoxy groups -OCH3 is 3. The lowest BCUT2D eigenvalue weighted by Crippen LogP contribution is -2.28. The van der Waals surface area contributed by atoms with Crippen LogP contribution >= 0.6 is 0 Å². The van der Waals surface area contributed by atoms with Crippen LogP contribution < -0.4 is 14.2 Å². The molecule has 2 atom stereocenters. The van der Waals surface area contributed by atoms with Crippen molar-refractivity contribution in [2.24, 2.45) is 0 Å². The molecule has 0 saturated heterocycles. The molecule has 174 valence electrons. The topological polar surface area (TPSA) is 46.2 Å². The normalized spacial score (nSPS) is 17.4. The SMILES string of the molecule is C=CC[C@@H]1O[C@@H](CCOCc2ccccc2)Cc2c1c(OC)c1c(OC)cccc1c2OC. The maximum absolute atomic E-state index is 6.54. The zero-order chi connectivity index (χ0) is 23.2. The molecule has 0 saturated carbocycles. The van der Waals surface area contributed by atoms with Crippen LogP contribution in [0.4, 0.5) is 0 Å². The van der Waals surface area contributed by atoms with Gasteiger partial charge in [0, 0.05) is 29.5 Å². The van der Waals surface area contributed by atoms with Gasteiger partial charge in [-0.2, -0.15) is 0 Å². The fraction of sp³-hybridized carbons (Fsp3) is 0.357. The Balaban J connectivity index is 1.65. The Labute approximate surface area is 195 Å². The summed E-state index contributed by atoms with van der Waals surface area (Å²) in [6.07, 6.45) is 3.92. The summed E-state index contributed by atoms with van der Waals surface area (Å²) in [5, 5.41) is 1.88. The Kier molecular flexibility index (Phi) is 7.53. The summed E-state index contributed by atoms with van der Waals surface area (Å²) >= 11 is 0. The highest BCUT2D eigenvalue weighted by Gasteiger charge is 2.34. The molecule has 0 radical (unpaired) electrons. The lowest BCUT2D eigenvalue weighted by molar-refractivity contribution is -0.0427. The van der Waals surface area contributed by atoms with E-state index in [0.717, 1.165) is 52.0 Å². The minimum atomic E-state index is -0.177. The van der Waals surface area contributed by atoms with E-state index >= 15 is 0 Å². The summed E-state index contributed by atoms with van der Waals surface area (Å²) in [5.41, 5.74) is 3.32. The monoisotopic (exact) mass is 448 g/mol. The molecule has 4 rings (SSSR count). The zero-order valence-electron chi connectivity index (χ0n) is 19.6. The fourth-order valence-corrected chi connectivity index (χ4v) is 4.72. The minimum absolute atomic E-state index is 0.0138. The molecule has 0 fully saturated rings. The van der Waals surface area contributed by atoms with Crippen molar-refractivity contribution in [3.05, 3.63) is 77.9 Å². The molecular formula is C28H32O5. The van der Waals surface area contributed by atoms with Gasteiger partial charge in [0.1, 0.15) is 17.2 Å². The van der Waals surface area contributed by atoms with Crippen LogP contribution in [0.1, 0.15) is 35.6 Å². The van der Waals surface area contributed by atoms with Gasteiger partial charge in [0.05, 0.1) is 45.5 Å². The summed E-state index contributed by atoms with van der Waals surface area (Å²) in [5.74, 6) is 2.38. The first-order valence-electron chi connectivity index (χ1n) is 11.3. The third-order valence-electron chi connectivity index (χ3n) is 6.16. The quantitative estimate of drug-likeness (QED) is 0.280. The van der Waals surface area contributed by atoms with E-state index in [9.17, 15) is 0 Å². The molecule has 5 heteroatoms. The second kappa shape index (κ2) is 10.7. The molecule has 33 heavy (non-hydrogen) atoms. The standard InChI is InChI=1S/C28H32O5/c1-5-10-24-26-22(17-20(33-24)15-16-32-18-19-11-7-6-8-12-19)27(30-3)21-13-9-14-23(29-2)25(21)28(26)31-4/h5-9,11-14,20,24H,1,10,15-18H2,2-4H3/t20-,24-/m0/s1. The average Bonchev–Trinajstić information content (AvgIpc) is 2.85. The molecule has 0 aliphatic carbocycles. The van der Waals surface area contributed by atoms with Crippen molar-refractivity contribution in [1.82, 2.24) is 0 Å². The van der Waals surface area contributed by atoms with Gasteiger partial charge in [-0.15, -0.1) is 6.58 Å². The van der Waals surface area contributed by atoms with Crippen LogP contribution in [-0.2, 0) is 22.5 Å². The first-order chi connectivity index (χ1) is 16.2. The lowest BCUT2D eigenvalue weighted by Gasteiger charge is -2.35. The van der Waals surface area contributed by atoms with Crippen molar-refractivity contribution in [3.63, 3.8) is 0 Å². The van der Waals surface area contributed by atoms with Crippen molar-refractivity contribution in [1.29, 1.82) is 0 Å². The summed E-state index contributed by atoms with van der Waals surface area (Å²) in [7, 11) is 5.09. The molecule has 1 heterocycles. The molecule has 3 aromatic rings. The predicted octanol–water partition coefficient (Wildman–Crippen LogP) is 6.03. The molecule has 1 aliphatic heterocycles. The molecule has 0 spiro atoms. The van der Waals surface area contributed by atoms with Crippen molar-refractivity contribution in [2.45, 2.75) is 38.1 Å². The highest BCUT2D eigenvalue weighted by Crippen LogP contribution is 2.51. The van der Waals surface area contributed by atoms with Crippen LogP contribution in [-0.4, -0.2) is 34.0 Å². The minimum Gasteiger partial charge on any atom is -0.496 e. The van der Waals surface area contributed by atoms with Crippen LogP contribution in [0.15, 0.2) is 61.2 Å². The zero-order valence-corrected chi connectivity index (χ0v) is 19.6. The molecule has 0 bridgehead atoms. The van der Waals surface area contributed by atoms with Crippen LogP contribution in [0.2, 0.25) is 0 Å². The van der Waals surface area contributed by atoms with Gasteiger partial charge in [-0.3, -0.25) is 0 Å². The number of benzene rings is 3. The summed E-state index contributed by atoms with van der Waals surface area (Å²) in [4.78, 5) is 0. The second-order valence-electron chi connectivity index (χ2n) is 8.14. The number of rotatable bonds is 10. The van der Waals surface area contributed by atoms with Gasteiger partial charge in [0.15, 0.2) is 0 Å². The maximum atomic E-state index is 6.54. The van der Waals surface area contributed by atoms with E-state index in [2.05, 4.69) is 24.8 Å². The van der Waals surface area contributed by atoms with E-state index in [4.69, 9.17) is 23.7 Å². The van der Waals surface area contributed by atoms with E-state index in [1.807, 2.05) is 36.4 Å². The predicted molar refractivity (Wildman–Crippen MR) is 130 cm³/mol. The van der Waals surface area contributed by atoms with Gasteiger partial charge < -0.3 is 23.7 Å². The van der Waals surface area contributed by atoms with Gasteiger partial charge in [-0.1, -0.05) is 48.5 Å². The molecule has 0 aromatic heterocycles. The molecule has 0 unspecified atom stereocenters. The maximum Gasteiger partial charge on any atom is 0.136 e. The van der Waals surface area contributed by atoms with Crippen molar-refractivity contribution in [3.8, 4) is 17.2 Å². The Bertz CT molecular complexity index is 1090. The van der Waals surface area contributed by atoms with E-state index in [-0.39, 0.29) is 12.2 Å². The van der Waals surface area contributed by atoms with Crippen LogP contribution in [0.25, 0.3) is 10.8 Å². The van der Waals surface area contributed by atoms with Gasteiger partial charge >= 0.3 is 0 Å². The average molecular weight is 449 g/mol. The van der Waals surface area contributed by atoms with Crippen LogP contribution in [0.3, 0.4) is 0 Å². The van der Waals surface area contributed by atoms with Gasteiger partial charge in [0.25, 0.3) is 0 Å². The fourth-order valence-electron chi connectivity index (χ4n) is 4.72. The molecule has 3 aromatic carbocycles. The van der Waals surface area contributed by atoms with Gasteiger partial charge in [-0.05, 0) is 24.5 Å². The molecule has 5 nitrogen and oxygen atoms in total. The molecule has 0 amide bonds. The molecular weight excluding hydrogens is 416 g/mol. The van der Waals surface area contributed by atoms with Gasteiger partial charge in [-0.25, -0.2) is 0 Å². The Hall–Kier alpha value is -3.02. The first-order valence-corrected chi connectivity index (χ1v) is 11.3. The highest BCUT2D eigenvalue weighted by atomic mass is 16.5. The third-order valence-corrected chi connectivity index (χ3v) is 6.16. The third kappa shape index (κ3) is 4.70. The number of hydrogen-bond acceptors (Lipinski definition) is 5. The summed E-state index contributed by atoms with van der Waals surface area (Å²) in [6, 6.07) is 16.2. The molecule has 0 N–H and O–H groups in total. The summed E-state index contributed by atoms with van der Waals surface area (Å²) in [6.45, 7) is 5.18. The lowest BCUT2D eigenvalue weighted by atomic mass is 9.86. The second-order valence-corrected chi connectivity index (χ2v) is 8.14. The van der Waals surface area contributed by atoms with Gasteiger partial charge in [0.2, 0.25) is 0 Å². The number of hydrogen-bond donors (Lipinski definition) is 0.